The molecule has 1 rings (SSSR count). The summed E-state index contributed by atoms with van der Waals surface area (Å²) in [6.07, 6.45) is 0. The lowest BCUT2D eigenvalue weighted by atomic mass is 10.3. The van der Waals surface area contributed by atoms with Gasteiger partial charge in [-0.05, 0) is 19.1 Å². The molecule has 0 saturated heterocycles. The molecule has 84 valence electrons. The van der Waals surface area contributed by atoms with Gasteiger partial charge in [0.2, 0.25) is 5.76 Å². The third-order valence-corrected chi connectivity index (χ3v) is 3.10. The zero-order valence-electron chi connectivity index (χ0n) is 8.86. The molecule has 0 aliphatic carbocycles. The number of rotatable bonds is 5. The molecule has 4 nitrogen and oxygen atoms in total. The molecule has 0 aliphatic rings. The van der Waals surface area contributed by atoms with Crippen molar-refractivity contribution < 1.29 is 13.9 Å². The van der Waals surface area contributed by atoms with E-state index in [1.165, 1.54) is 7.11 Å². The molecule has 1 aromatic heterocycles. The van der Waals surface area contributed by atoms with Crippen LogP contribution in [0.3, 0.4) is 0 Å². The number of furan rings is 1. The van der Waals surface area contributed by atoms with Gasteiger partial charge in [0.25, 0.3) is 0 Å². The molecule has 1 atom stereocenters. The van der Waals surface area contributed by atoms with Gasteiger partial charge in [0.1, 0.15) is 5.76 Å². The molecule has 0 aromatic carbocycles. The number of thioether (sulfide) groups is 1. The van der Waals surface area contributed by atoms with Gasteiger partial charge in [0.05, 0.1) is 12.4 Å². The molecular formula is C10H15NO3S. The van der Waals surface area contributed by atoms with E-state index in [-0.39, 0.29) is 11.0 Å². The summed E-state index contributed by atoms with van der Waals surface area (Å²) in [6, 6.07) is 3.42. The first kappa shape index (κ1) is 12.1. The molecule has 0 fully saturated rings. The van der Waals surface area contributed by atoms with E-state index in [4.69, 9.17) is 10.2 Å². The van der Waals surface area contributed by atoms with E-state index < -0.39 is 5.97 Å². The van der Waals surface area contributed by atoms with Gasteiger partial charge in [0.15, 0.2) is 0 Å². The summed E-state index contributed by atoms with van der Waals surface area (Å²) in [5.41, 5.74) is 5.40. The monoisotopic (exact) mass is 229 g/mol. The topological polar surface area (TPSA) is 65.5 Å². The van der Waals surface area contributed by atoms with Gasteiger partial charge in [-0.15, -0.1) is 11.8 Å². The molecule has 1 heterocycles. The number of nitrogens with two attached hydrogens (primary N) is 1. The highest BCUT2D eigenvalue weighted by Gasteiger charge is 2.15. The predicted octanol–water partition coefficient (Wildman–Crippen LogP) is 1.82. The van der Waals surface area contributed by atoms with E-state index in [1.54, 1.807) is 23.9 Å². The van der Waals surface area contributed by atoms with Crippen LogP contribution in [0.25, 0.3) is 0 Å². The number of hydrogen-bond donors (Lipinski definition) is 1. The van der Waals surface area contributed by atoms with Gasteiger partial charge in [0, 0.05) is 12.3 Å². The fraction of sp³-hybridized carbons (Fsp3) is 0.500. The second-order valence-electron chi connectivity index (χ2n) is 3.00. The van der Waals surface area contributed by atoms with Gasteiger partial charge in [-0.1, -0.05) is 0 Å². The van der Waals surface area contributed by atoms with Crippen LogP contribution in [-0.2, 0) is 4.74 Å². The Kier molecular flexibility index (Phi) is 4.71. The molecule has 1 unspecified atom stereocenters. The first-order valence-electron chi connectivity index (χ1n) is 4.68. The second kappa shape index (κ2) is 5.82. The molecule has 0 saturated carbocycles. The Hall–Kier alpha value is -0.940. The summed E-state index contributed by atoms with van der Waals surface area (Å²) in [6.45, 7) is 2.65. The van der Waals surface area contributed by atoms with Crippen molar-refractivity contribution in [2.45, 2.75) is 12.2 Å². The summed E-state index contributed by atoms with van der Waals surface area (Å²) in [4.78, 5) is 11.1. The van der Waals surface area contributed by atoms with Crippen LogP contribution in [0.5, 0.6) is 0 Å². The number of carbonyl (C=O) groups excluding carboxylic acids is 1. The summed E-state index contributed by atoms with van der Waals surface area (Å²) in [7, 11) is 1.33. The second-order valence-corrected chi connectivity index (χ2v) is 4.44. The summed E-state index contributed by atoms with van der Waals surface area (Å²) < 4.78 is 9.91. The Morgan fingerprint density at radius 1 is 1.67 bits per heavy atom. The molecule has 0 bridgehead atoms. The number of hydrogen-bond acceptors (Lipinski definition) is 5. The zero-order valence-corrected chi connectivity index (χ0v) is 9.67. The minimum Gasteiger partial charge on any atom is -0.463 e. The van der Waals surface area contributed by atoms with E-state index in [0.29, 0.717) is 6.54 Å². The van der Waals surface area contributed by atoms with Crippen molar-refractivity contribution in [2.24, 2.45) is 5.73 Å². The first-order valence-corrected chi connectivity index (χ1v) is 5.73. The molecule has 2 N–H and O–H groups in total. The minimum absolute atomic E-state index is 0.201. The quantitative estimate of drug-likeness (QED) is 0.780. The van der Waals surface area contributed by atoms with E-state index in [2.05, 4.69) is 4.74 Å². The van der Waals surface area contributed by atoms with Gasteiger partial charge < -0.3 is 14.9 Å². The molecule has 15 heavy (non-hydrogen) atoms. The van der Waals surface area contributed by atoms with Crippen LogP contribution in [0.4, 0.5) is 0 Å². The standard InChI is InChI=1S/C10H15NO3S/c1-7(15-6-5-11)8-3-4-9(14-8)10(12)13-2/h3-4,7H,5-6,11H2,1-2H3. The Morgan fingerprint density at radius 3 is 3.00 bits per heavy atom. The fourth-order valence-corrected chi connectivity index (χ4v) is 1.89. The molecule has 0 amide bonds. The van der Waals surface area contributed by atoms with Crippen LogP contribution in [0.15, 0.2) is 16.5 Å². The molecule has 5 heteroatoms. The van der Waals surface area contributed by atoms with Gasteiger partial charge >= 0.3 is 5.97 Å². The third kappa shape index (κ3) is 3.28. The average molecular weight is 229 g/mol. The Balaban J connectivity index is 2.62. The maximum absolute atomic E-state index is 11.1. The Bertz CT molecular complexity index is 324. The fourth-order valence-electron chi connectivity index (χ4n) is 1.11. The summed E-state index contributed by atoms with van der Waals surface area (Å²) >= 11 is 1.69. The van der Waals surface area contributed by atoms with Gasteiger partial charge in [-0.25, -0.2) is 4.79 Å². The van der Waals surface area contributed by atoms with Crippen molar-refractivity contribution in [2.75, 3.05) is 19.4 Å². The summed E-state index contributed by atoms with van der Waals surface area (Å²) in [5.74, 6) is 1.44. The number of esters is 1. The van der Waals surface area contributed by atoms with Crippen LogP contribution in [-0.4, -0.2) is 25.4 Å². The Morgan fingerprint density at radius 2 is 2.40 bits per heavy atom. The lowest BCUT2D eigenvalue weighted by Gasteiger charge is -2.06. The molecular weight excluding hydrogens is 214 g/mol. The van der Waals surface area contributed by atoms with Crippen molar-refractivity contribution in [3.8, 4) is 0 Å². The SMILES string of the molecule is COC(=O)c1ccc(C(C)SCCN)o1. The van der Waals surface area contributed by atoms with Gasteiger partial charge in [-0.2, -0.15) is 0 Å². The van der Waals surface area contributed by atoms with Crippen LogP contribution < -0.4 is 5.73 Å². The number of carbonyl (C=O) groups is 1. The van der Waals surface area contributed by atoms with Crippen LogP contribution in [0, 0.1) is 0 Å². The van der Waals surface area contributed by atoms with Crippen LogP contribution in [0.1, 0.15) is 28.5 Å². The van der Waals surface area contributed by atoms with Crippen LogP contribution >= 0.6 is 11.8 Å². The molecule has 1 aromatic rings. The van der Waals surface area contributed by atoms with Crippen molar-refractivity contribution >= 4 is 17.7 Å². The molecule has 0 aliphatic heterocycles. The van der Waals surface area contributed by atoms with E-state index in [0.717, 1.165) is 11.5 Å². The van der Waals surface area contributed by atoms with Crippen molar-refractivity contribution in [3.05, 3.63) is 23.7 Å². The largest absolute Gasteiger partial charge is 0.463 e. The minimum atomic E-state index is -0.447. The molecule has 0 radical (unpaired) electrons. The normalized spacial score (nSPS) is 12.5. The van der Waals surface area contributed by atoms with Crippen molar-refractivity contribution in [1.29, 1.82) is 0 Å². The molecule has 0 spiro atoms. The van der Waals surface area contributed by atoms with Gasteiger partial charge in [-0.3, -0.25) is 0 Å². The maximum Gasteiger partial charge on any atom is 0.373 e. The first-order chi connectivity index (χ1) is 7.19. The number of ether oxygens (including phenoxy) is 1. The summed E-state index contributed by atoms with van der Waals surface area (Å²) in [5, 5.41) is 0.201. The van der Waals surface area contributed by atoms with E-state index in [1.807, 2.05) is 6.92 Å². The third-order valence-electron chi connectivity index (χ3n) is 1.90. The maximum atomic E-state index is 11.1. The lowest BCUT2D eigenvalue weighted by Crippen LogP contribution is -2.02. The number of methoxy groups -OCH3 is 1. The highest BCUT2D eigenvalue weighted by Crippen LogP contribution is 2.29. The average Bonchev–Trinajstić information content (AvgIpc) is 2.74. The van der Waals surface area contributed by atoms with Crippen molar-refractivity contribution in [1.82, 2.24) is 0 Å². The van der Waals surface area contributed by atoms with Crippen LogP contribution in [0.2, 0.25) is 0 Å². The van der Waals surface area contributed by atoms with E-state index >= 15 is 0 Å². The predicted molar refractivity (Wildman–Crippen MR) is 60.0 cm³/mol. The smallest absolute Gasteiger partial charge is 0.373 e. The highest BCUT2D eigenvalue weighted by molar-refractivity contribution is 7.99. The van der Waals surface area contributed by atoms with Crippen molar-refractivity contribution in [3.63, 3.8) is 0 Å². The highest BCUT2D eigenvalue weighted by atomic mass is 32.2. The lowest BCUT2D eigenvalue weighted by molar-refractivity contribution is 0.0563. The zero-order chi connectivity index (χ0) is 11.3. The van der Waals surface area contributed by atoms with E-state index in [9.17, 15) is 4.79 Å². The Labute approximate surface area is 93.2 Å².